The van der Waals surface area contributed by atoms with Crippen LogP contribution in [0.15, 0.2) is 144 Å². The van der Waals surface area contributed by atoms with E-state index in [1.54, 1.807) is 0 Å². The fraction of sp³-hybridized carbons (Fsp3) is 0.228. The van der Waals surface area contributed by atoms with Crippen LogP contribution in [-0.4, -0.2) is 6.71 Å². The molecule has 0 fully saturated rings. The number of aryl methyl sites for hydroxylation is 1. The van der Waals surface area contributed by atoms with Crippen LogP contribution in [-0.2, 0) is 17.3 Å². The van der Waals surface area contributed by atoms with E-state index in [0.29, 0.717) is 5.92 Å². The molecular formula is C57H53BN2OS. The van der Waals surface area contributed by atoms with Crippen LogP contribution in [0.25, 0.3) is 43.2 Å². The van der Waals surface area contributed by atoms with Crippen LogP contribution in [0.2, 0.25) is 0 Å². The summed E-state index contributed by atoms with van der Waals surface area (Å²) in [5.74, 6) is 0.386. The first-order valence-electron chi connectivity index (χ1n) is 22.4. The first-order chi connectivity index (χ1) is 29.8. The summed E-state index contributed by atoms with van der Waals surface area (Å²) in [7, 11) is 0. The van der Waals surface area contributed by atoms with Crippen LogP contribution in [0.3, 0.4) is 0 Å². The van der Waals surface area contributed by atoms with Crippen LogP contribution < -0.4 is 25.5 Å². The Bertz CT molecular complexity index is 3250. The Morgan fingerprint density at radius 2 is 1.29 bits per heavy atom. The molecular weight excluding hydrogens is 772 g/mol. The van der Waals surface area contributed by atoms with Crippen molar-refractivity contribution in [3.63, 3.8) is 0 Å². The third-order valence-corrected chi connectivity index (χ3v) is 14.8. The first-order valence-corrected chi connectivity index (χ1v) is 23.2. The molecule has 5 heteroatoms. The minimum Gasteiger partial charge on any atom is -0.456 e. The summed E-state index contributed by atoms with van der Waals surface area (Å²) in [5, 5.41) is 3.61. The third-order valence-electron chi connectivity index (χ3n) is 13.5. The maximum atomic E-state index is 6.35. The Kier molecular flexibility index (Phi) is 8.77. The number of fused-ring (bicyclic) bond motifs is 9. The standard InChI is InChI=1S/C57H53BN2OS/c1-10-35-18-24-40(25-19-35)59-48-15-13-16-49-53(48)58(55-54(59)44-33-39(57(7,8)9)23-29-52(44)62-55)45-31-36(34(2)3)20-26-47(45)60(49)46-27-22-38(56(4,5)6)32-42(46)37-21-28-51-43(30-37)41-14-11-12-17-50(41)61-51/h11-34H,10H2,1-9H3. The van der Waals surface area contributed by atoms with Gasteiger partial charge in [0.1, 0.15) is 11.2 Å². The molecule has 7 aromatic carbocycles. The molecule has 2 aliphatic heterocycles. The molecule has 0 atom stereocenters. The zero-order chi connectivity index (χ0) is 42.8. The summed E-state index contributed by atoms with van der Waals surface area (Å²) >= 11 is 1.98. The first kappa shape index (κ1) is 38.9. The number of hydrogen-bond donors (Lipinski definition) is 0. The highest BCUT2D eigenvalue weighted by Crippen LogP contribution is 2.50. The minimum atomic E-state index is -0.0407. The third kappa shape index (κ3) is 5.99. The van der Waals surface area contributed by atoms with E-state index in [4.69, 9.17) is 4.42 Å². The highest BCUT2D eigenvalue weighted by Gasteiger charge is 2.45. The van der Waals surface area contributed by atoms with Crippen LogP contribution in [0.5, 0.6) is 0 Å². The zero-order valence-corrected chi connectivity index (χ0v) is 38.2. The number of thiophene rings is 1. The maximum Gasteiger partial charge on any atom is 0.264 e. The average molecular weight is 825 g/mol. The average Bonchev–Trinajstić information content (AvgIpc) is 3.83. The van der Waals surface area contributed by atoms with E-state index >= 15 is 0 Å². The van der Waals surface area contributed by atoms with Crippen molar-refractivity contribution in [2.24, 2.45) is 0 Å². The van der Waals surface area contributed by atoms with Crippen molar-refractivity contribution in [1.29, 1.82) is 0 Å². The van der Waals surface area contributed by atoms with Crippen molar-refractivity contribution in [3.8, 4) is 11.1 Å². The van der Waals surface area contributed by atoms with Crippen molar-refractivity contribution in [2.45, 2.75) is 85.5 Å². The van der Waals surface area contributed by atoms with Gasteiger partial charge in [-0.25, -0.2) is 0 Å². The maximum absolute atomic E-state index is 6.35. The summed E-state index contributed by atoms with van der Waals surface area (Å²) in [6, 6.07) is 53.2. The highest BCUT2D eigenvalue weighted by atomic mass is 32.1. The summed E-state index contributed by atoms with van der Waals surface area (Å²) < 4.78 is 9.10. The predicted molar refractivity (Wildman–Crippen MR) is 269 cm³/mol. The molecule has 3 nitrogen and oxygen atoms in total. The molecule has 0 unspecified atom stereocenters. The van der Waals surface area contributed by atoms with Crippen molar-refractivity contribution >= 4 is 99.9 Å². The van der Waals surface area contributed by atoms with Crippen LogP contribution in [0.4, 0.5) is 34.1 Å². The lowest BCUT2D eigenvalue weighted by molar-refractivity contribution is 0.590. The van der Waals surface area contributed by atoms with Crippen LogP contribution in [0, 0.1) is 0 Å². The van der Waals surface area contributed by atoms with Gasteiger partial charge in [0.2, 0.25) is 0 Å². The lowest BCUT2D eigenvalue weighted by atomic mass is 9.36. The van der Waals surface area contributed by atoms with Gasteiger partial charge in [-0.2, -0.15) is 0 Å². The van der Waals surface area contributed by atoms with E-state index in [2.05, 4.69) is 212 Å². The second-order valence-electron chi connectivity index (χ2n) is 19.9. The van der Waals surface area contributed by atoms with E-state index in [1.165, 1.54) is 93.3 Å². The highest BCUT2D eigenvalue weighted by molar-refractivity contribution is 7.33. The van der Waals surface area contributed by atoms with Gasteiger partial charge in [0.05, 0.1) is 11.4 Å². The summed E-state index contributed by atoms with van der Waals surface area (Å²) in [4.78, 5) is 5.18. The second-order valence-corrected chi connectivity index (χ2v) is 21.0. The van der Waals surface area contributed by atoms with E-state index < -0.39 is 0 Å². The molecule has 0 saturated heterocycles. The molecule has 306 valence electrons. The number of anilines is 6. The fourth-order valence-electron chi connectivity index (χ4n) is 10.00. The van der Waals surface area contributed by atoms with Crippen molar-refractivity contribution < 1.29 is 4.42 Å². The Labute approximate surface area is 370 Å². The fourth-order valence-corrected chi connectivity index (χ4v) is 11.3. The van der Waals surface area contributed by atoms with E-state index in [-0.39, 0.29) is 17.5 Å². The smallest absolute Gasteiger partial charge is 0.264 e. The number of rotatable bonds is 5. The number of benzene rings is 7. The molecule has 2 aliphatic rings. The molecule has 0 saturated carbocycles. The second kappa shape index (κ2) is 14.0. The Balaban J connectivity index is 1.22. The number of hydrogen-bond acceptors (Lipinski definition) is 4. The number of para-hydroxylation sites is 1. The van der Waals surface area contributed by atoms with Gasteiger partial charge in [-0.1, -0.05) is 129 Å². The molecule has 62 heavy (non-hydrogen) atoms. The van der Waals surface area contributed by atoms with Gasteiger partial charge in [-0.15, -0.1) is 11.3 Å². The van der Waals surface area contributed by atoms with Gasteiger partial charge in [0.25, 0.3) is 6.71 Å². The number of nitrogens with zero attached hydrogens (tertiary/aromatic N) is 2. The van der Waals surface area contributed by atoms with Crippen LogP contribution in [0.1, 0.15) is 90.5 Å². The van der Waals surface area contributed by atoms with Crippen molar-refractivity contribution in [3.05, 3.63) is 162 Å². The van der Waals surface area contributed by atoms with E-state index in [0.717, 1.165) is 28.4 Å². The monoisotopic (exact) mass is 824 g/mol. The van der Waals surface area contributed by atoms with Gasteiger partial charge in [-0.3, -0.25) is 0 Å². The molecule has 0 spiro atoms. The van der Waals surface area contributed by atoms with Gasteiger partial charge in [-0.05, 0) is 135 Å². The van der Waals surface area contributed by atoms with Crippen molar-refractivity contribution in [2.75, 3.05) is 9.80 Å². The summed E-state index contributed by atoms with van der Waals surface area (Å²) in [5.41, 5.74) is 19.7. The molecule has 0 amide bonds. The molecule has 0 aliphatic carbocycles. The van der Waals surface area contributed by atoms with E-state index in [1.807, 2.05) is 11.3 Å². The lowest BCUT2D eigenvalue weighted by Gasteiger charge is -2.43. The largest absolute Gasteiger partial charge is 0.456 e. The topological polar surface area (TPSA) is 19.6 Å². The molecule has 0 radical (unpaired) electrons. The normalized spacial score (nSPS) is 13.7. The Hall–Kier alpha value is -6.04. The zero-order valence-electron chi connectivity index (χ0n) is 37.4. The molecule has 0 N–H and O–H groups in total. The Morgan fingerprint density at radius 1 is 0.597 bits per heavy atom. The van der Waals surface area contributed by atoms with E-state index in [9.17, 15) is 0 Å². The van der Waals surface area contributed by atoms with Gasteiger partial charge in [0.15, 0.2) is 0 Å². The van der Waals surface area contributed by atoms with Crippen LogP contribution >= 0.6 is 11.3 Å². The molecule has 4 heterocycles. The quantitative estimate of drug-likeness (QED) is 0.161. The summed E-state index contributed by atoms with van der Waals surface area (Å²) in [6.45, 7) is 20.9. The van der Waals surface area contributed by atoms with Gasteiger partial charge >= 0.3 is 0 Å². The van der Waals surface area contributed by atoms with Crippen molar-refractivity contribution in [1.82, 2.24) is 0 Å². The molecule has 0 bridgehead atoms. The summed E-state index contributed by atoms with van der Waals surface area (Å²) in [6.07, 6.45) is 1.01. The number of furan rings is 1. The van der Waals surface area contributed by atoms with Gasteiger partial charge < -0.3 is 14.2 Å². The molecule has 2 aromatic heterocycles. The predicted octanol–water partition coefficient (Wildman–Crippen LogP) is 14.8. The minimum absolute atomic E-state index is 0.0238. The van der Waals surface area contributed by atoms with Gasteiger partial charge in [0, 0.05) is 53.9 Å². The Morgan fingerprint density at radius 3 is 2.03 bits per heavy atom. The SMILES string of the molecule is CCc1ccc(N2c3cccc4c3B(c3cc(C(C)C)ccc3N4c3ccc(C(C)(C)C)cc3-c3ccc4oc5ccccc5c4c3)c3sc4ccc(C(C)(C)C)cc4c32)cc1. The lowest BCUT2D eigenvalue weighted by Crippen LogP contribution is -2.60. The molecule has 9 aromatic rings. The molecule has 11 rings (SSSR count).